The van der Waals surface area contributed by atoms with E-state index in [4.69, 9.17) is 0 Å². The molecule has 5 heteroatoms. The average Bonchev–Trinajstić information content (AvgIpc) is 3.19. The van der Waals surface area contributed by atoms with Crippen molar-refractivity contribution < 1.29 is 9.18 Å². The van der Waals surface area contributed by atoms with Gasteiger partial charge in [0.05, 0.1) is 5.69 Å². The Morgan fingerprint density at radius 3 is 2.77 bits per heavy atom. The lowest BCUT2D eigenvalue weighted by molar-refractivity contribution is -0.132. The minimum atomic E-state index is -0.300. The summed E-state index contributed by atoms with van der Waals surface area (Å²) in [6.07, 6.45) is 4.92. The van der Waals surface area contributed by atoms with Gasteiger partial charge >= 0.3 is 0 Å². The van der Waals surface area contributed by atoms with E-state index in [1.54, 1.807) is 6.07 Å². The molecule has 2 aromatic carbocycles. The molecule has 156 valence electrons. The number of carbonyl (C=O) groups is 1. The predicted molar refractivity (Wildman–Crippen MR) is 118 cm³/mol. The lowest BCUT2D eigenvalue weighted by Gasteiger charge is -2.30. The first kappa shape index (κ1) is 19.5. The van der Waals surface area contributed by atoms with Gasteiger partial charge in [0.2, 0.25) is 5.91 Å². The van der Waals surface area contributed by atoms with Crippen LogP contribution in [0.15, 0.2) is 73.1 Å². The number of pyridine rings is 1. The van der Waals surface area contributed by atoms with Crippen molar-refractivity contribution in [2.75, 3.05) is 6.54 Å². The van der Waals surface area contributed by atoms with Gasteiger partial charge in [0.1, 0.15) is 11.5 Å². The zero-order chi connectivity index (χ0) is 21.4. The number of nitrogens with zero attached hydrogens (tertiary/aromatic N) is 3. The highest BCUT2D eigenvalue weighted by atomic mass is 19.1. The summed E-state index contributed by atoms with van der Waals surface area (Å²) in [5.41, 5.74) is 6.14. The number of imidazole rings is 1. The number of halogens is 1. The number of hydrogen-bond acceptors (Lipinski definition) is 2. The van der Waals surface area contributed by atoms with Gasteiger partial charge in [-0.3, -0.25) is 4.79 Å². The van der Waals surface area contributed by atoms with Crippen molar-refractivity contribution in [1.82, 2.24) is 14.3 Å². The molecule has 2 aromatic heterocycles. The fourth-order valence-corrected chi connectivity index (χ4v) is 4.49. The van der Waals surface area contributed by atoms with Gasteiger partial charge in [0, 0.05) is 37.8 Å². The molecule has 0 saturated heterocycles. The van der Waals surface area contributed by atoms with Gasteiger partial charge in [-0.15, -0.1) is 0 Å². The number of aryl methyl sites for hydroxylation is 1. The number of rotatable bonds is 4. The largest absolute Gasteiger partial charge is 0.338 e. The zero-order valence-electron chi connectivity index (χ0n) is 17.5. The summed E-state index contributed by atoms with van der Waals surface area (Å²) in [6.45, 7) is 3.35. The highest BCUT2D eigenvalue weighted by molar-refractivity contribution is 5.78. The third-order valence-electron chi connectivity index (χ3n) is 6.17. The summed E-state index contributed by atoms with van der Waals surface area (Å²) in [7, 11) is 0. The molecular weight excluding hydrogens is 389 g/mol. The van der Waals surface area contributed by atoms with E-state index >= 15 is 0 Å². The van der Waals surface area contributed by atoms with Gasteiger partial charge in [-0.05, 0) is 59.9 Å². The summed E-state index contributed by atoms with van der Waals surface area (Å²) >= 11 is 0. The number of aromatic nitrogens is 2. The number of carbonyl (C=O) groups excluding carboxylic acids is 1. The van der Waals surface area contributed by atoms with Crippen LogP contribution in [0.25, 0.3) is 5.65 Å². The molecular formula is C26H24FN3O. The molecule has 31 heavy (non-hydrogen) atoms. The van der Waals surface area contributed by atoms with Gasteiger partial charge in [0.25, 0.3) is 0 Å². The number of benzene rings is 2. The third-order valence-corrected chi connectivity index (χ3v) is 6.17. The van der Waals surface area contributed by atoms with Crippen molar-refractivity contribution in [3.05, 3.63) is 107 Å². The summed E-state index contributed by atoms with van der Waals surface area (Å²) in [4.78, 5) is 19.8. The van der Waals surface area contributed by atoms with Crippen LogP contribution in [-0.2, 0) is 17.8 Å². The van der Waals surface area contributed by atoms with Crippen LogP contribution in [0.3, 0.4) is 0 Å². The Labute approximate surface area is 181 Å². The van der Waals surface area contributed by atoms with E-state index in [0.717, 1.165) is 28.9 Å². The van der Waals surface area contributed by atoms with Gasteiger partial charge in [-0.25, -0.2) is 9.37 Å². The summed E-state index contributed by atoms with van der Waals surface area (Å²) in [5.74, 6) is -0.504. The highest BCUT2D eigenvalue weighted by Gasteiger charge is 2.27. The van der Waals surface area contributed by atoms with Gasteiger partial charge in [-0.2, -0.15) is 0 Å². The van der Waals surface area contributed by atoms with Crippen molar-refractivity contribution in [1.29, 1.82) is 0 Å². The van der Waals surface area contributed by atoms with E-state index in [1.807, 2.05) is 58.9 Å². The molecule has 4 aromatic rings. The minimum Gasteiger partial charge on any atom is -0.338 e. The Bertz CT molecular complexity index is 1260. The summed E-state index contributed by atoms with van der Waals surface area (Å²) in [5, 5.41) is 0. The predicted octanol–water partition coefficient (Wildman–Crippen LogP) is 4.89. The summed E-state index contributed by atoms with van der Waals surface area (Å²) in [6, 6.07) is 18.9. The Hall–Kier alpha value is -3.47. The molecule has 0 radical (unpaired) electrons. The van der Waals surface area contributed by atoms with E-state index < -0.39 is 0 Å². The van der Waals surface area contributed by atoms with Crippen LogP contribution in [0, 0.1) is 12.7 Å². The molecule has 0 saturated carbocycles. The monoisotopic (exact) mass is 413 g/mol. The quantitative estimate of drug-likeness (QED) is 0.478. The van der Waals surface area contributed by atoms with Crippen molar-refractivity contribution in [2.45, 2.75) is 32.2 Å². The number of hydrogen-bond donors (Lipinski definition) is 0. The second kappa shape index (κ2) is 7.99. The molecule has 0 fully saturated rings. The van der Waals surface area contributed by atoms with Crippen molar-refractivity contribution in [2.24, 2.45) is 0 Å². The van der Waals surface area contributed by atoms with Crippen LogP contribution in [0.1, 0.15) is 40.3 Å². The maximum Gasteiger partial charge on any atom is 0.223 e. The van der Waals surface area contributed by atoms with Crippen LogP contribution >= 0.6 is 0 Å². The zero-order valence-corrected chi connectivity index (χ0v) is 17.5. The van der Waals surface area contributed by atoms with Crippen molar-refractivity contribution in [3.8, 4) is 0 Å². The smallest absolute Gasteiger partial charge is 0.223 e. The normalized spacial score (nSPS) is 14.5. The minimum absolute atomic E-state index is 0.0748. The standard InChI is InChI=1S/C26H24FN3O/c1-18-9-12-30-24(16-28-25(30)13-18)23(20-7-4-8-22(27)14-20)15-26(31)29-11-10-19-5-2-3-6-21(19)17-29/h2-9,12-14,16,23H,10-11,15,17H2,1H3. The molecule has 1 unspecified atom stereocenters. The van der Waals surface area contributed by atoms with E-state index in [1.165, 1.54) is 23.3 Å². The van der Waals surface area contributed by atoms with Gasteiger partial charge in [-0.1, -0.05) is 36.4 Å². The van der Waals surface area contributed by atoms with Crippen molar-refractivity contribution in [3.63, 3.8) is 0 Å². The lowest BCUT2D eigenvalue weighted by atomic mass is 9.91. The molecule has 0 N–H and O–H groups in total. The van der Waals surface area contributed by atoms with Crippen LogP contribution in [0.5, 0.6) is 0 Å². The fourth-order valence-electron chi connectivity index (χ4n) is 4.49. The average molecular weight is 413 g/mol. The number of fused-ring (bicyclic) bond motifs is 2. The van der Waals surface area contributed by atoms with E-state index in [-0.39, 0.29) is 24.1 Å². The van der Waals surface area contributed by atoms with Crippen LogP contribution < -0.4 is 0 Å². The molecule has 5 rings (SSSR count). The van der Waals surface area contributed by atoms with Crippen LogP contribution in [-0.4, -0.2) is 26.7 Å². The molecule has 1 aliphatic rings. The van der Waals surface area contributed by atoms with Crippen molar-refractivity contribution >= 4 is 11.6 Å². The topological polar surface area (TPSA) is 37.6 Å². The Kier molecular flexibility index (Phi) is 5.02. The molecule has 1 atom stereocenters. The molecule has 0 spiro atoms. The highest BCUT2D eigenvalue weighted by Crippen LogP contribution is 2.31. The first-order valence-corrected chi connectivity index (χ1v) is 10.6. The van der Waals surface area contributed by atoms with Gasteiger partial charge < -0.3 is 9.30 Å². The maximum atomic E-state index is 14.1. The first-order valence-electron chi connectivity index (χ1n) is 10.6. The van der Waals surface area contributed by atoms with Crippen LogP contribution in [0.2, 0.25) is 0 Å². The molecule has 4 nitrogen and oxygen atoms in total. The molecule has 0 aliphatic carbocycles. The SMILES string of the molecule is Cc1ccn2c(C(CC(=O)N3CCc4ccccc4C3)c3cccc(F)c3)cnc2c1. The maximum absolute atomic E-state index is 14.1. The lowest BCUT2D eigenvalue weighted by Crippen LogP contribution is -2.36. The van der Waals surface area contributed by atoms with Gasteiger partial charge in [0.15, 0.2) is 0 Å². The Morgan fingerprint density at radius 2 is 1.94 bits per heavy atom. The molecule has 3 heterocycles. The van der Waals surface area contributed by atoms with E-state index in [0.29, 0.717) is 13.1 Å². The second-order valence-corrected chi connectivity index (χ2v) is 8.26. The molecule has 0 bridgehead atoms. The molecule has 1 amide bonds. The number of amides is 1. The third kappa shape index (κ3) is 3.83. The first-order chi connectivity index (χ1) is 15.1. The van der Waals surface area contributed by atoms with E-state index in [2.05, 4.69) is 17.1 Å². The summed E-state index contributed by atoms with van der Waals surface area (Å²) < 4.78 is 16.1. The second-order valence-electron chi connectivity index (χ2n) is 8.26. The molecule has 1 aliphatic heterocycles. The fraction of sp³-hybridized carbons (Fsp3) is 0.231. The van der Waals surface area contributed by atoms with E-state index in [9.17, 15) is 9.18 Å². The van der Waals surface area contributed by atoms with Crippen LogP contribution in [0.4, 0.5) is 4.39 Å². The Balaban J connectivity index is 1.48. The Morgan fingerprint density at radius 1 is 1.10 bits per heavy atom.